The molecule has 0 aliphatic rings. The second-order valence-corrected chi connectivity index (χ2v) is 4.80. The first kappa shape index (κ1) is 14.8. The summed E-state index contributed by atoms with van der Waals surface area (Å²) in [6.07, 6.45) is 2.36. The van der Waals surface area contributed by atoms with Gasteiger partial charge in [0.2, 0.25) is 0 Å². The van der Waals surface area contributed by atoms with Crippen LogP contribution in [-0.2, 0) is 4.79 Å². The van der Waals surface area contributed by atoms with Crippen molar-refractivity contribution in [2.75, 3.05) is 6.54 Å². The summed E-state index contributed by atoms with van der Waals surface area (Å²) in [6.45, 7) is 2.33. The van der Waals surface area contributed by atoms with E-state index in [2.05, 4.69) is 21.2 Å². The third kappa shape index (κ3) is 4.91. The number of carbonyl (C=O) groups is 2. The zero-order chi connectivity index (χ0) is 13.5. The molecule has 1 aromatic heterocycles. The number of rotatable bonds is 7. The highest BCUT2D eigenvalue weighted by atomic mass is 79.9. The number of nitrogens with one attached hydrogen (secondary N) is 1. The normalized spacial score (nSPS) is 10.3. The second kappa shape index (κ2) is 7.20. The Morgan fingerprint density at radius 3 is 2.67 bits per heavy atom. The van der Waals surface area contributed by atoms with Gasteiger partial charge in [0.05, 0.1) is 0 Å². The van der Waals surface area contributed by atoms with Crippen LogP contribution in [0.25, 0.3) is 0 Å². The van der Waals surface area contributed by atoms with E-state index in [-0.39, 0.29) is 12.3 Å². The van der Waals surface area contributed by atoms with Gasteiger partial charge in [-0.05, 0) is 41.8 Å². The second-order valence-electron chi connectivity index (χ2n) is 4.02. The number of aryl methyl sites for hydroxylation is 1. The fourth-order valence-electron chi connectivity index (χ4n) is 1.53. The molecule has 0 fully saturated rings. The lowest BCUT2D eigenvalue weighted by Gasteiger charge is -2.03. The number of halogens is 1. The molecule has 0 unspecified atom stereocenters. The largest absolute Gasteiger partial charge is 0.481 e. The van der Waals surface area contributed by atoms with Crippen molar-refractivity contribution in [2.45, 2.75) is 32.6 Å². The molecule has 0 saturated carbocycles. The molecule has 0 aromatic carbocycles. The zero-order valence-electron chi connectivity index (χ0n) is 10.2. The molecule has 1 amide bonds. The van der Waals surface area contributed by atoms with Crippen molar-refractivity contribution in [3.05, 3.63) is 22.1 Å². The molecule has 1 heterocycles. The Balaban J connectivity index is 2.22. The van der Waals surface area contributed by atoms with Crippen molar-refractivity contribution in [1.29, 1.82) is 0 Å². The van der Waals surface area contributed by atoms with Crippen LogP contribution >= 0.6 is 15.9 Å². The van der Waals surface area contributed by atoms with Crippen LogP contribution in [0.3, 0.4) is 0 Å². The minimum Gasteiger partial charge on any atom is -0.481 e. The van der Waals surface area contributed by atoms with Gasteiger partial charge < -0.3 is 14.8 Å². The van der Waals surface area contributed by atoms with Gasteiger partial charge >= 0.3 is 5.97 Å². The maximum absolute atomic E-state index is 11.7. The fraction of sp³-hybridized carbons (Fsp3) is 0.500. The first-order valence-corrected chi connectivity index (χ1v) is 6.56. The average molecular weight is 318 g/mol. The summed E-state index contributed by atoms with van der Waals surface area (Å²) in [5, 5.41) is 11.2. The molecule has 5 nitrogen and oxygen atoms in total. The molecule has 6 heteroatoms. The first-order valence-electron chi connectivity index (χ1n) is 5.76. The predicted molar refractivity (Wildman–Crippen MR) is 69.6 cm³/mol. The number of aliphatic carboxylic acids is 1. The van der Waals surface area contributed by atoms with Crippen LogP contribution in [0.5, 0.6) is 0 Å². The molecule has 0 aliphatic carbocycles. The van der Waals surface area contributed by atoms with Gasteiger partial charge in [0.25, 0.3) is 5.91 Å². The molecule has 1 rings (SSSR count). The molecule has 0 aliphatic heterocycles. The lowest BCUT2D eigenvalue weighted by atomic mass is 10.2. The molecule has 2 N–H and O–H groups in total. The lowest BCUT2D eigenvalue weighted by Crippen LogP contribution is -2.24. The molecule has 100 valence electrons. The van der Waals surface area contributed by atoms with Gasteiger partial charge in [0.15, 0.2) is 10.4 Å². The molecule has 0 bridgehead atoms. The monoisotopic (exact) mass is 317 g/mol. The van der Waals surface area contributed by atoms with Crippen molar-refractivity contribution in [3.8, 4) is 0 Å². The van der Waals surface area contributed by atoms with Crippen LogP contribution in [0.15, 0.2) is 15.2 Å². The number of furan rings is 1. The average Bonchev–Trinajstić information content (AvgIpc) is 2.62. The molecule has 1 aromatic rings. The van der Waals surface area contributed by atoms with Gasteiger partial charge in [-0.15, -0.1) is 0 Å². The molecule has 0 atom stereocenters. The minimum absolute atomic E-state index is 0.179. The Kier molecular flexibility index (Phi) is 5.91. The van der Waals surface area contributed by atoms with E-state index in [0.29, 0.717) is 23.4 Å². The first-order chi connectivity index (χ1) is 8.50. The Morgan fingerprint density at radius 2 is 2.11 bits per heavy atom. The van der Waals surface area contributed by atoms with E-state index >= 15 is 0 Å². The van der Waals surface area contributed by atoms with Gasteiger partial charge in [-0.25, -0.2) is 0 Å². The molecule has 0 spiro atoms. The van der Waals surface area contributed by atoms with Crippen molar-refractivity contribution >= 4 is 27.8 Å². The summed E-state index contributed by atoms with van der Waals surface area (Å²) >= 11 is 3.16. The van der Waals surface area contributed by atoms with Gasteiger partial charge in [0, 0.05) is 18.5 Å². The summed E-state index contributed by atoms with van der Waals surface area (Å²) < 4.78 is 5.75. The smallest absolute Gasteiger partial charge is 0.303 e. The Labute approximate surface area is 114 Å². The van der Waals surface area contributed by atoms with E-state index in [9.17, 15) is 9.59 Å². The predicted octanol–water partition coefficient (Wildman–Crippen LogP) is 2.73. The quantitative estimate of drug-likeness (QED) is 0.758. The van der Waals surface area contributed by atoms with E-state index < -0.39 is 5.97 Å². The summed E-state index contributed by atoms with van der Waals surface area (Å²) in [6, 6.07) is 1.74. The van der Waals surface area contributed by atoms with E-state index in [1.165, 1.54) is 0 Å². The number of unbranched alkanes of at least 4 members (excludes halogenated alkanes) is 2. The van der Waals surface area contributed by atoms with Crippen molar-refractivity contribution in [3.63, 3.8) is 0 Å². The van der Waals surface area contributed by atoms with E-state index in [0.717, 1.165) is 18.4 Å². The number of carboxylic acid groups (broad SMARTS) is 1. The summed E-state index contributed by atoms with van der Waals surface area (Å²) in [5.74, 6) is -0.709. The number of hydrogen-bond donors (Lipinski definition) is 2. The van der Waals surface area contributed by atoms with Crippen LogP contribution in [0.1, 0.15) is 41.8 Å². The van der Waals surface area contributed by atoms with Crippen LogP contribution in [0, 0.1) is 6.92 Å². The molecule has 0 radical (unpaired) electrons. The minimum atomic E-state index is -0.782. The number of amides is 1. The van der Waals surface area contributed by atoms with Crippen molar-refractivity contribution in [2.24, 2.45) is 0 Å². The fourth-order valence-corrected chi connectivity index (χ4v) is 2.03. The summed E-state index contributed by atoms with van der Waals surface area (Å²) in [5.41, 5.74) is 0.783. The van der Waals surface area contributed by atoms with E-state index in [1.54, 1.807) is 13.0 Å². The van der Waals surface area contributed by atoms with E-state index in [4.69, 9.17) is 9.52 Å². The van der Waals surface area contributed by atoms with Crippen LogP contribution in [-0.4, -0.2) is 23.5 Å². The molecular formula is C12H16BrNO4. The highest BCUT2D eigenvalue weighted by Gasteiger charge is 2.13. The van der Waals surface area contributed by atoms with Crippen LogP contribution in [0.4, 0.5) is 0 Å². The van der Waals surface area contributed by atoms with Crippen molar-refractivity contribution < 1.29 is 19.1 Å². The number of carbonyl (C=O) groups excluding carboxylic acids is 1. The van der Waals surface area contributed by atoms with Crippen LogP contribution < -0.4 is 5.32 Å². The topological polar surface area (TPSA) is 79.5 Å². The maximum atomic E-state index is 11.7. The zero-order valence-corrected chi connectivity index (χ0v) is 11.7. The highest BCUT2D eigenvalue weighted by Crippen LogP contribution is 2.19. The van der Waals surface area contributed by atoms with Crippen LogP contribution in [0.2, 0.25) is 0 Å². The third-order valence-electron chi connectivity index (χ3n) is 2.45. The van der Waals surface area contributed by atoms with Gasteiger partial charge in [-0.2, -0.15) is 0 Å². The summed E-state index contributed by atoms with van der Waals surface area (Å²) in [7, 11) is 0. The van der Waals surface area contributed by atoms with E-state index in [1.807, 2.05) is 0 Å². The van der Waals surface area contributed by atoms with Gasteiger partial charge in [0.1, 0.15) is 0 Å². The Morgan fingerprint density at radius 1 is 1.39 bits per heavy atom. The maximum Gasteiger partial charge on any atom is 0.303 e. The number of hydrogen-bond acceptors (Lipinski definition) is 3. The summed E-state index contributed by atoms with van der Waals surface area (Å²) in [4.78, 5) is 22.0. The lowest BCUT2D eigenvalue weighted by molar-refractivity contribution is -0.137. The SMILES string of the molecule is Cc1cc(Br)oc1C(=O)NCCCCCC(=O)O. The van der Waals surface area contributed by atoms with Crippen molar-refractivity contribution in [1.82, 2.24) is 5.32 Å². The highest BCUT2D eigenvalue weighted by molar-refractivity contribution is 9.10. The third-order valence-corrected chi connectivity index (χ3v) is 2.84. The van der Waals surface area contributed by atoms with Gasteiger partial charge in [-0.3, -0.25) is 9.59 Å². The molecule has 0 saturated heterocycles. The molecular weight excluding hydrogens is 302 g/mol. The Bertz CT molecular complexity index is 428. The standard InChI is InChI=1S/C12H16BrNO4/c1-8-7-9(13)18-11(8)12(17)14-6-4-2-3-5-10(15)16/h7H,2-6H2,1H3,(H,14,17)(H,15,16). The Hall–Kier alpha value is -1.30. The van der Waals surface area contributed by atoms with Gasteiger partial charge in [-0.1, -0.05) is 6.42 Å². The number of carboxylic acids is 1. The molecule has 18 heavy (non-hydrogen) atoms.